The van der Waals surface area contributed by atoms with E-state index in [1.807, 2.05) is 48.1 Å². The van der Waals surface area contributed by atoms with Gasteiger partial charge in [-0.25, -0.2) is 0 Å². The number of hydrogen-bond acceptors (Lipinski definition) is 2. The smallest absolute Gasteiger partial charge is 0.178 e. The number of fused-ring (bicyclic) bond motifs is 2. The molecule has 4 aromatic rings. The number of carbonyl (C=O) groups excluding carboxylic acids is 1. The number of nitrogens with zero attached hydrogens (tertiary/aromatic N) is 1. The summed E-state index contributed by atoms with van der Waals surface area (Å²) in [6, 6.07) is 16.3. The normalized spacial score (nSPS) is 11.4. The van der Waals surface area contributed by atoms with Crippen LogP contribution in [0.3, 0.4) is 0 Å². The van der Waals surface area contributed by atoms with Gasteiger partial charge in [0.05, 0.1) is 6.54 Å². The standard InChI is InChI=1S/C21H21N3O/c1-24-14-18(17-7-3-5-9-20(17)24)21(25)13-22-11-10-15-12-23-19-8-4-2-6-16(15)19/h2-9,12,14,22-23H,10-11,13H2,1H3. The summed E-state index contributed by atoms with van der Waals surface area (Å²) in [5.74, 6) is 0.135. The third-order valence-corrected chi connectivity index (χ3v) is 4.73. The molecule has 0 saturated carbocycles. The van der Waals surface area contributed by atoms with Crippen LogP contribution in [0.2, 0.25) is 0 Å². The van der Waals surface area contributed by atoms with Crippen molar-refractivity contribution in [2.24, 2.45) is 7.05 Å². The summed E-state index contributed by atoms with van der Waals surface area (Å²) >= 11 is 0. The van der Waals surface area contributed by atoms with Crippen LogP contribution in [0.15, 0.2) is 60.9 Å². The summed E-state index contributed by atoms with van der Waals surface area (Å²) < 4.78 is 2.01. The highest BCUT2D eigenvalue weighted by atomic mass is 16.1. The molecule has 0 saturated heterocycles. The molecule has 0 unspecified atom stereocenters. The van der Waals surface area contributed by atoms with E-state index in [2.05, 4.69) is 34.7 Å². The maximum atomic E-state index is 12.6. The number of H-pyrrole nitrogens is 1. The Morgan fingerprint density at radius 1 is 1.08 bits per heavy atom. The Bertz CT molecular complexity index is 1040. The number of hydrogen-bond donors (Lipinski definition) is 2. The summed E-state index contributed by atoms with van der Waals surface area (Å²) in [7, 11) is 1.98. The van der Waals surface area contributed by atoms with Gasteiger partial charge in [0.2, 0.25) is 0 Å². The maximum Gasteiger partial charge on any atom is 0.178 e. The number of para-hydroxylation sites is 2. The lowest BCUT2D eigenvalue weighted by molar-refractivity contribution is 0.0993. The van der Waals surface area contributed by atoms with Gasteiger partial charge in [-0.1, -0.05) is 36.4 Å². The third-order valence-electron chi connectivity index (χ3n) is 4.73. The van der Waals surface area contributed by atoms with E-state index in [0.717, 1.165) is 34.9 Å². The van der Waals surface area contributed by atoms with E-state index in [-0.39, 0.29) is 5.78 Å². The first kappa shape index (κ1) is 15.7. The molecule has 0 radical (unpaired) electrons. The van der Waals surface area contributed by atoms with Crippen molar-refractivity contribution in [1.82, 2.24) is 14.9 Å². The fourth-order valence-corrected chi connectivity index (χ4v) is 3.42. The zero-order valence-corrected chi connectivity index (χ0v) is 14.3. The SMILES string of the molecule is Cn1cc(C(=O)CNCCc2c[nH]c3ccccc23)c2ccccc21. The Kier molecular flexibility index (Phi) is 4.12. The molecule has 4 nitrogen and oxygen atoms in total. The minimum atomic E-state index is 0.135. The number of aryl methyl sites for hydroxylation is 1. The van der Waals surface area contributed by atoms with E-state index in [1.54, 1.807) is 0 Å². The number of ketones is 1. The molecule has 4 heteroatoms. The number of carbonyl (C=O) groups is 1. The number of benzene rings is 2. The van der Waals surface area contributed by atoms with Gasteiger partial charge in [0.15, 0.2) is 5.78 Å². The highest BCUT2D eigenvalue weighted by Crippen LogP contribution is 2.20. The van der Waals surface area contributed by atoms with Gasteiger partial charge < -0.3 is 14.9 Å². The van der Waals surface area contributed by atoms with Gasteiger partial charge in [0.1, 0.15) is 0 Å². The number of rotatable bonds is 6. The molecule has 0 aliphatic carbocycles. The first-order valence-electron chi connectivity index (χ1n) is 8.57. The molecule has 4 rings (SSSR count). The second-order valence-corrected chi connectivity index (χ2v) is 6.38. The lowest BCUT2D eigenvalue weighted by Crippen LogP contribution is -2.25. The Morgan fingerprint density at radius 3 is 2.72 bits per heavy atom. The van der Waals surface area contributed by atoms with Gasteiger partial charge >= 0.3 is 0 Å². The molecule has 0 spiro atoms. The molecule has 0 aliphatic rings. The zero-order chi connectivity index (χ0) is 17.2. The van der Waals surface area contributed by atoms with Crippen LogP contribution in [-0.2, 0) is 13.5 Å². The van der Waals surface area contributed by atoms with E-state index in [4.69, 9.17) is 0 Å². The van der Waals surface area contributed by atoms with Crippen molar-refractivity contribution < 1.29 is 4.79 Å². The monoisotopic (exact) mass is 331 g/mol. The molecule has 25 heavy (non-hydrogen) atoms. The van der Waals surface area contributed by atoms with E-state index < -0.39 is 0 Å². The van der Waals surface area contributed by atoms with Crippen molar-refractivity contribution >= 4 is 27.6 Å². The molecule has 126 valence electrons. The van der Waals surface area contributed by atoms with E-state index in [9.17, 15) is 4.79 Å². The molecule has 0 fully saturated rings. The Balaban J connectivity index is 1.39. The fraction of sp³-hybridized carbons (Fsp3) is 0.190. The predicted octanol–water partition coefficient (Wildman–Crippen LogP) is 3.67. The molecule has 0 amide bonds. The quantitative estimate of drug-likeness (QED) is 0.418. The van der Waals surface area contributed by atoms with Crippen molar-refractivity contribution in [3.8, 4) is 0 Å². The molecular formula is C21H21N3O. The molecule has 0 aliphatic heterocycles. The molecule has 2 aromatic carbocycles. The van der Waals surface area contributed by atoms with E-state index in [0.29, 0.717) is 6.54 Å². The average molecular weight is 331 g/mol. The van der Waals surface area contributed by atoms with Crippen molar-refractivity contribution in [2.45, 2.75) is 6.42 Å². The van der Waals surface area contributed by atoms with Crippen molar-refractivity contribution in [1.29, 1.82) is 0 Å². The minimum Gasteiger partial charge on any atom is -0.361 e. The summed E-state index contributed by atoms with van der Waals surface area (Å²) in [4.78, 5) is 15.9. The lowest BCUT2D eigenvalue weighted by atomic mass is 10.1. The zero-order valence-electron chi connectivity index (χ0n) is 14.3. The van der Waals surface area contributed by atoms with Crippen LogP contribution in [0.1, 0.15) is 15.9 Å². The van der Waals surface area contributed by atoms with Gasteiger partial charge in [0, 0.05) is 46.8 Å². The fourth-order valence-electron chi connectivity index (χ4n) is 3.42. The molecule has 0 bridgehead atoms. The summed E-state index contributed by atoms with van der Waals surface area (Å²) in [6.07, 6.45) is 4.88. The molecular weight excluding hydrogens is 310 g/mol. The third kappa shape index (κ3) is 2.96. The van der Waals surface area contributed by atoms with Gasteiger partial charge in [-0.15, -0.1) is 0 Å². The second-order valence-electron chi connectivity index (χ2n) is 6.38. The Labute approximate surface area is 146 Å². The van der Waals surface area contributed by atoms with Gasteiger partial charge in [-0.05, 0) is 30.7 Å². The molecule has 2 heterocycles. The number of nitrogens with one attached hydrogen (secondary N) is 2. The van der Waals surface area contributed by atoms with Gasteiger partial charge in [-0.2, -0.15) is 0 Å². The van der Waals surface area contributed by atoms with Crippen LogP contribution < -0.4 is 5.32 Å². The van der Waals surface area contributed by atoms with Crippen LogP contribution in [0.4, 0.5) is 0 Å². The first-order chi connectivity index (χ1) is 12.2. The largest absolute Gasteiger partial charge is 0.361 e. The van der Waals surface area contributed by atoms with E-state index >= 15 is 0 Å². The summed E-state index contributed by atoms with van der Waals surface area (Å²) in [5.41, 5.74) is 4.31. The topological polar surface area (TPSA) is 49.8 Å². The Hall–Kier alpha value is -2.85. The van der Waals surface area contributed by atoms with Crippen LogP contribution >= 0.6 is 0 Å². The average Bonchev–Trinajstić information content (AvgIpc) is 3.21. The van der Waals surface area contributed by atoms with Gasteiger partial charge in [0.25, 0.3) is 0 Å². The summed E-state index contributed by atoms with van der Waals surface area (Å²) in [5, 5.41) is 5.56. The lowest BCUT2D eigenvalue weighted by Gasteiger charge is -2.03. The van der Waals surface area contributed by atoms with Gasteiger partial charge in [-0.3, -0.25) is 4.79 Å². The van der Waals surface area contributed by atoms with E-state index in [1.165, 1.54) is 10.9 Å². The van der Waals surface area contributed by atoms with Crippen molar-refractivity contribution in [3.05, 3.63) is 72.1 Å². The minimum absolute atomic E-state index is 0.135. The van der Waals surface area contributed by atoms with Crippen LogP contribution in [0.5, 0.6) is 0 Å². The second kappa shape index (κ2) is 6.57. The predicted molar refractivity (Wildman–Crippen MR) is 102 cm³/mol. The van der Waals surface area contributed by atoms with Crippen LogP contribution in [-0.4, -0.2) is 28.4 Å². The van der Waals surface area contributed by atoms with Crippen LogP contribution in [0.25, 0.3) is 21.8 Å². The maximum absolute atomic E-state index is 12.6. The first-order valence-corrected chi connectivity index (χ1v) is 8.57. The molecule has 0 atom stereocenters. The summed E-state index contributed by atoms with van der Waals surface area (Å²) in [6.45, 7) is 1.13. The van der Waals surface area contributed by atoms with Crippen molar-refractivity contribution in [3.63, 3.8) is 0 Å². The number of aromatic amines is 1. The number of Topliss-reactive ketones (excluding diaryl/α,β-unsaturated/α-hetero) is 1. The highest BCUT2D eigenvalue weighted by molar-refractivity contribution is 6.09. The van der Waals surface area contributed by atoms with Crippen molar-refractivity contribution in [2.75, 3.05) is 13.1 Å². The highest BCUT2D eigenvalue weighted by Gasteiger charge is 2.13. The number of aromatic nitrogens is 2. The molecule has 2 aromatic heterocycles. The molecule has 2 N–H and O–H groups in total. The Morgan fingerprint density at radius 2 is 1.84 bits per heavy atom. The van der Waals surface area contributed by atoms with Crippen LogP contribution in [0, 0.1) is 0 Å².